The van der Waals surface area contributed by atoms with Crippen LogP contribution in [0.1, 0.15) is 28.4 Å². The van der Waals surface area contributed by atoms with Gasteiger partial charge in [0.05, 0.1) is 17.6 Å². The molecule has 4 rings (SSSR count). The molecule has 4 aromatic rings. The molecule has 5 nitrogen and oxygen atoms in total. The fourth-order valence-corrected chi connectivity index (χ4v) is 3.44. The van der Waals surface area contributed by atoms with Crippen molar-refractivity contribution in [3.05, 3.63) is 98.7 Å². The molecule has 1 heterocycles. The lowest BCUT2D eigenvalue weighted by Crippen LogP contribution is -2.10. The van der Waals surface area contributed by atoms with E-state index in [1.54, 1.807) is 61.5 Å². The summed E-state index contributed by atoms with van der Waals surface area (Å²) in [4.78, 5) is 25.1. The van der Waals surface area contributed by atoms with Gasteiger partial charge in [0.2, 0.25) is 11.2 Å². The number of rotatable bonds is 6. The van der Waals surface area contributed by atoms with Gasteiger partial charge in [-0.1, -0.05) is 29.8 Å². The quantitative estimate of drug-likeness (QED) is 0.329. The number of hydrogen-bond acceptors (Lipinski definition) is 5. The molecule has 0 saturated carbocycles. The highest BCUT2D eigenvalue weighted by Crippen LogP contribution is 2.32. The number of halogens is 1. The Balaban J connectivity index is 1.71. The number of carbonyl (C=O) groups is 1. The van der Waals surface area contributed by atoms with E-state index in [0.29, 0.717) is 39.5 Å². The Labute approximate surface area is 190 Å². The molecule has 0 saturated heterocycles. The average molecular weight is 449 g/mol. The van der Waals surface area contributed by atoms with Gasteiger partial charge >= 0.3 is 5.97 Å². The molecule has 0 N–H and O–H groups in total. The van der Waals surface area contributed by atoms with Crippen molar-refractivity contribution in [3.63, 3.8) is 0 Å². The summed E-state index contributed by atoms with van der Waals surface area (Å²) in [5.41, 5.74) is 3.16. The Morgan fingerprint density at radius 3 is 2.41 bits per heavy atom. The van der Waals surface area contributed by atoms with Crippen molar-refractivity contribution in [3.8, 4) is 17.1 Å². The zero-order chi connectivity index (χ0) is 22.7. The van der Waals surface area contributed by atoms with Gasteiger partial charge < -0.3 is 13.9 Å². The Morgan fingerprint density at radius 2 is 1.72 bits per heavy atom. The standard InChI is InChI=1S/C26H21ClO5/c1-3-30-26(29)19-7-5-17(6-8-19)15-31-25-23(28)21-13-4-16(2)14-22(21)32-24(25)18-9-11-20(27)12-10-18/h4-14H,3,15H2,1-2H3. The lowest BCUT2D eigenvalue weighted by atomic mass is 10.1. The normalized spacial score (nSPS) is 10.8. The molecule has 0 radical (unpaired) electrons. The van der Waals surface area contributed by atoms with Gasteiger partial charge in [0.25, 0.3) is 0 Å². The second kappa shape index (κ2) is 9.28. The third kappa shape index (κ3) is 4.53. The van der Waals surface area contributed by atoms with Crippen molar-refractivity contribution in [2.24, 2.45) is 0 Å². The number of hydrogen-bond donors (Lipinski definition) is 0. The van der Waals surface area contributed by atoms with Crippen LogP contribution in [0.25, 0.3) is 22.3 Å². The lowest BCUT2D eigenvalue weighted by Gasteiger charge is -2.12. The van der Waals surface area contributed by atoms with Crippen LogP contribution in [-0.4, -0.2) is 12.6 Å². The molecule has 1 aromatic heterocycles. The van der Waals surface area contributed by atoms with Crippen molar-refractivity contribution >= 4 is 28.5 Å². The molecular formula is C26H21ClO5. The molecule has 0 fully saturated rings. The first-order valence-electron chi connectivity index (χ1n) is 10.2. The van der Waals surface area contributed by atoms with E-state index < -0.39 is 0 Å². The Hall–Kier alpha value is -3.57. The van der Waals surface area contributed by atoms with Gasteiger partial charge in [-0.25, -0.2) is 4.79 Å². The van der Waals surface area contributed by atoms with Crippen molar-refractivity contribution in [1.29, 1.82) is 0 Å². The number of aryl methyl sites for hydroxylation is 1. The van der Waals surface area contributed by atoms with Crippen LogP contribution < -0.4 is 10.2 Å². The van der Waals surface area contributed by atoms with Gasteiger partial charge in [-0.3, -0.25) is 4.79 Å². The Bertz CT molecular complexity index is 1320. The molecule has 162 valence electrons. The van der Waals surface area contributed by atoms with Gasteiger partial charge in [-0.05, 0) is 73.5 Å². The van der Waals surface area contributed by atoms with Crippen LogP contribution in [0.2, 0.25) is 5.02 Å². The van der Waals surface area contributed by atoms with Gasteiger partial charge in [0.15, 0.2) is 5.76 Å². The van der Waals surface area contributed by atoms with Crippen molar-refractivity contribution in [1.82, 2.24) is 0 Å². The van der Waals surface area contributed by atoms with Crippen LogP contribution in [0.4, 0.5) is 0 Å². The third-order valence-corrected chi connectivity index (χ3v) is 5.21. The topological polar surface area (TPSA) is 65.7 Å². The maximum Gasteiger partial charge on any atom is 0.338 e. The first-order chi connectivity index (χ1) is 15.5. The van der Waals surface area contributed by atoms with Crippen molar-refractivity contribution < 1.29 is 18.7 Å². The fraction of sp³-hybridized carbons (Fsp3) is 0.154. The lowest BCUT2D eigenvalue weighted by molar-refractivity contribution is 0.0526. The second-order valence-corrected chi connectivity index (χ2v) is 7.74. The van der Waals surface area contributed by atoms with Crippen LogP contribution >= 0.6 is 11.6 Å². The smallest absolute Gasteiger partial charge is 0.338 e. The number of fused-ring (bicyclic) bond motifs is 1. The van der Waals surface area contributed by atoms with E-state index >= 15 is 0 Å². The molecule has 0 aliphatic heterocycles. The molecule has 0 bridgehead atoms. The van der Waals surface area contributed by atoms with Gasteiger partial charge in [-0.2, -0.15) is 0 Å². The molecule has 0 atom stereocenters. The fourth-order valence-electron chi connectivity index (χ4n) is 3.31. The molecule has 3 aromatic carbocycles. The minimum Gasteiger partial charge on any atom is -0.481 e. The number of benzene rings is 3. The summed E-state index contributed by atoms with van der Waals surface area (Å²) in [6.45, 7) is 4.14. The predicted octanol–water partition coefficient (Wildman–Crippen LogP) is 6.18. The summed E-state index contributed by atoms with van der Waals surface area (Å²) in [7, 11) is 0. The number of carbonyl (C=O) groups excluding carboxylic acids is 1. The van der Waals surface area contributed by atoms with Crippen LogP contribution in [0.15, 0.2) is 75.9 Å². The predicted molar refractivity (Wildman–Crippen MR) is 124 cm³/mol. The second-order valence-electron chi connectivity index (χ2n) is 7.30. The van der Waals surface area contributed by atoms with Crippen LogP contribution in [0, 0.1) is 6.92 Å². The molecular weight excluding hydrogens is 428 g/mol. The van der Waals surface area contributed by atoms with E-state index in [9.17, 15) is 9.59 Å². The van der Waals surface area contributed by atoms with E-state index in [0.717, 1.165) is 11.1 Å². The highest BCUT2D eigenvalue weighted by molar-refractivity contribution is 6.30. The number of ether oxygens (including phenoxy) is 2. The summed E-state index contributed by atoms with van der Waals surface area (Å²) in [6, 6.07) is 19.3. The summed E-state index contributed by atoms with van der Waals surface area (Å²) in [6.07, 6.45) is 0. The molecule has 0 aliphatic carbocycles. The van der Waals surface area contributed by atoms with E-state index in [1.165, 1.54) is 0 Å². The van der Waals surface area contributed by atoms with E-state index in [2.05, 4.69) is 0 Å². The van der Waals surface area contributed by atoms with Crippen LogP contribution in [0.5, 0.6) is 5.75 Å². The van der Waals surface area contributed by atoms with Crippen LogP contribution in [0.3, 0.4) is 0 Å². The SMILES string of the molecule is CCOC(=O)c1ccc(COc2c(-c3ccc(Cl)cc3)oc3cc(C)ccc3c2=O)cc1. The molecule has 0 amide bonds. The largest absolute Gasteiger partial charge is 0.481 e. The Kier molecular flexibility index (Phi) is 6.28. The minimum absolute atomic E-state index is 0.123. The van der Waals surface area contributed by atoms with E-state index in [4.69, 9.17) is 25.5 Å². The summed E-state index contributed by atoms with van der Waals surface area (Å²) in [5.74, 6) is 0.0847. The van der Waals surface area contributed by atoms with Gasteiger partial charge in [-0.15, -0.1) is 0 Å². The maximum atomic E-state index is 13.3. The maximum absolute atomic E-state index is 13.3. The van der Waals surface area contributed by atoms with Crippen molar-refractivity contribution in [2.45, 2.75) is 20.5 Å². The molecule has 0 unspecified atom stereocenters. The Morgan fingerprint density at radius 1 is 1.00 bits per heavy atom. The molecule has 32 heavy (non-hydrogen) atoms. The zero-order valence-electron chi connectivity index (χ0n) is 17.7. The summed E-state index contributed by atoms with van der Waals surface area (Å²) < 4.78 is 17.1. The highest BCUT2D eigenvalue weighted by atomic mass is 35.5. The van der Waals surface area contributed by atoms with E-state index in [-0.39, 0.29) is 23.8 Å². The van der Waals surface area contributed by atoms with Crippen LogP contribution in [-0.2, 0) is 11.3 Å². The summed E-state index contributed by atoms with van der Waals surface area (Å²) in [5, 5.41) is 1.03. The van der Waals surface area contributed by atoms with E-state index in [1.807, 2.05) is 19.1 Å². The highest BCUT2D eigenvalue weighted by Gasteiger charge is 2.18. The zero-order valence-corrected chi connectivity index (χ0v) is 18.4. The third-order valence-electron chi connectivity index (χ3n) is 4.96. The molecule has 6 heteroatoms. The monoisotopic (exact) mass is 448 g/mol. The summed E-state index contributed by atoms with van der Waals surface area (Å²) >= 11 is 6.03. The first-order valence-corrected chi connectivity index (χ1v) is 10.6. The van der Waals surface area contributed by atoms with Gasteiger partial charge in [0, 0.05) is 10.6 Å². The molecule has 0 spiro atoms. The van der Waals surface area contributed by atoms with Gasteiger partial charge in [0.1, 0.15) is 12.2 Å². The van der Waals surface area contributed by atoms with Crippen molar-refractivity contribution in [2.75, 3.05) is 6.61 Å². The molecule has 0 aliphatic rings. The average Bonchev–Trinajstić information content (AvgIpc) is 2.79. The minimum atomic E-state index is -0.379. The number of esters is 1. The first kappa shape index (κ1) is 21.7.